The van der Waals surface area contributed by atoms with Crippen LogP contribution < -0.4 is 5.32 Å². The Hall–Kier alpha value is 0.130. The number of hydrogen-bond donors (Lipinski definition) is 1. The summed E-state index contributed by atoms with van der Waals surface area (Å²) in [6, 6.07) is 4.47. The summed E-state index contributed by atoms with van der Waals surface area (Å²) >= 11 is 8.12. The molecule has 0 radical (unpaired) electrons. The maximum Gasteiger partial charge on any atom is 0.124 e. The van der Waals surface area contributed by atoms with Gasteiger partial charge in [-0.25, -0.2) is 4.39 Å². The average molecular weight is 314 g/mol. The Bertz CT molecular complexity index is 280. The van der Waals surface area contributed by atoms with Crippen molar-refractivity contribution in [2.75, 3.05) is 11.0 Å². The summed E-state index contributed by atoms with van der Waals surface area (Å²) in [6.07, 6.45) is 0. The summed E-state index contributed by atoms with van der Waals surface area (Å²) in [6.45, 7) is 1.64. The smallest absolute Gasteiger partial charge is 0.124 e. The zero-order chi connectivity index (χ0) is 9.68. The summed E-state index contributed by atoms with van der Waals surface area (Å²) in [4.78, 5) is 0. The predicted molar refractivity (Wildman–Crippen MR) is 62.0 cm³/mol. The molecule has 13 heavy (non-hydrogen) atoms. The number of benzene rings is 1. The van der Waals surface area contributed by atoms with Crippen LogP contribution >= 0.6 is 34.2 Å². The summed E-state index contributed by atoms with van der Waals surface area (Å²) in [5.41, 5.74) is 0.938. The van der Waals surface area contributed by atoms with Gasteiger partial charge in [0.1, 0.15) is 5.82 Å². The van der Waals surface area contributed by atoms with Crippen LogP contribution in [0.25, 0.3) is 0 Å². The predicted octanol–water partition coefficient (Wildman–Crippen LogP) is 3.00. The Morgan fingerprint density at radius 3 is 2.85 bits per heavy atom. The minimum atomic E-state index is -0.289. The van der Waals surface area contributed by atoms with E-state index in [1.165, 1.54) is 12.1 Å². The van der Waals surface area contributed by atoms with Gasteiger partial charge in [-0.3, -0.25) is 0 Å². The van der Waals surface area contributed by atoms with Crippen LogP contribution in [0.15, 0.2) is 18.2 Å². The molecular formula is C9H10ClFIN. The van der Waals surface area contributed by atoms with Gasteiger partial charge in [-0.05, 0) is 17.7 Å². The molecule has 0 bridgehead atoms. The molecule has 4 heteroatoms. The van der Waals surface area contributed by atoms with Crippen LogP contribution in [0.2, 0.25) is 5.02 Å². The fourth-order valence-corrected chi connectivity index (χ4v) is 1.57. The van der Waals surface area contributed by atoms with Crippen molar-refractivity contribution in [3.05, 3.63) is 34.6 Å². The van der Waals surface area contributed by atoms with Crippen LogP contribution in [0.4, 0.5) is 4.39 Å². The molecule has 0 saturated carbocycles. The number of hydrogen-bond acceptors (Lipinski definition) is 1. The van der Waals surface area contributed by atoms with E-state index < -0.39 is 0 Å². The number of nitrogens with one attached hydrogen (secondary N) is 1. The molecule has 0 unspecified atom stereocenters. The lowest BCUT2D eigenvalue weighted by Crippen LogP contribution is -2.15. The molecule has 0 saturated heterocycles. The molecule has 1 N–H and O–H groups in total. The third kappa shape index (κ3) is 3.79. The van der Waals surface area contributed by atoms with E-state index in [-0.39, 0.29) is 5.82 Å². The molecule has 1 aromatic rings. The van der Waals surface area contributed by atoms with Gasteiger partial charge in [0.15, 0.2) is 0 Å². The number of rotatable bonds is 4. The van der Waals surface area contributed by atoms with Gasteiger partial charge in [0.2, 0.25) is 0 Å². The van der Waals surface area contributed by atoms with E-state index in [0.29, 0.717) is 11.6 Å². The Kier molecular flexibility index (Phi) is 4.98. The van der Waals surface area contributed by atoms with E-state index in [1.54, 1.807) is 6.07 Å². The van der Waals surface area contributed by atoms with Crippen molar-refractivity contribution in [3.63, 3.8) is 0 Å². The van der Waals surface area contributed by atoms with Crippen molar-refractivity contribution in [1.29, 1.82) is 0 Å². The van der Waals surface area contributed by atoms with Crippen molar-refractivity contribution >= 4 is 34.2 Å². The van der Waals surface area contributed by atoms with Gasteiger partial charge >= 0.3 is 0 Å². The highest BCUT2D eigenvalue weighted by molar-refractivity contribution is 14.1. The quantitative estimate of drug-likeness (QED) is 0.512. The first-order chi connectivity index (χ1) is 6.24. The van der Waals surface area contributed by atoms with Gasteiger partial charge in [-0.15, -0.1) is 0 Å². The highest BCUT2D eigenvalue weighted by atomic mass is 127. The first-order valence-corrected chi connectivity index (χ1v) is 5.85. The lowest BCUT2D eigenvalue weighted by Gasteiger charge is -2.04. The van der Waals surface area contributed by atoms with Gasteiger partial charge in [0.25, 0.3) is 0 Å². The molecule has 0 aliphatic rings. The monoisotopic (exact) mass is 313 g/mol. The van der Waals surface area contributed by atoms with Crippen LogP contribution in [-0.4, -0.2) is 11.0 Å². The van der Waals surface area contributed by atoms with Crippen molar-refractivity contribution in [2.45, 2.75) is 6.54 Å². The average Bonchev–Trinajstić information content (AvgIpc) is 2.09. The summed E-state index contributed by atoms with van der Waals surface area (Å²) in [5, 5.41) is 3.68. The van der Waals surface area contributed by atoms with Crippen LogP contribution in [0.5, 0.6) is 0 Å². The zero-order valence-electron chi connectivity index (χ0n) is 6.99. The SMILES string of the molecule is Fc1ccc(CNCCI)c(Cl)c1. The molecule has 0 spiro atoms. The molecule has 1 aromatic carbocycles. The molecule has 0 atom stereocenters. The van der Waals surface area contributed by atoms with E-state index in [4.69, 9.17) is 11.6 Å². The summed E-state index contributed by atoms with van der Waals surface area (Å²) < 4.78 is 13.7. The van der Waals surface area contributed by atoms with Crippen molar-refractivity contribution < 1.29 is 4.39 Å². The van der Waals surface area contributed by atoms with Crippen molar-refractivity contribution in [2.24, 2.45) is 0 Å². The zero-order valence-corrected chi connectivity index (χ0v) is 9.90. The molecular weight excluding hydrogens is 303 g/mol. The number of alkyl halides is 1. The van der Waals surface area contributed by atoms with Gasteiger partial charge in [0.05, 0.1) is 0 Å². The van der Waals surface area contributed by atoms with Gasteiger partial charge in [-0.2, -0.15) is 0 Å². The highest BCUT2D eigenvalue weighted by Crippen LogP contribution is 2.16. The fraction of sp³-hybridized carbons (Fsp3) is 0.333. The normalized spacial score (nSPS) is 10.4. The van der Waals surface area contributed by atoms with E-state index >= 15 is 0 Å². The second kappa shape index (κ2) is 5.78. The lowest BCUT2D eigenvalue weighted by atomic mass is 10.2. The van der Waals surface area contributed by atoms with Crippen molar-refractivity contribution in [3.8, 4) is 0 Å². The molecule has 1 rings (SSSR count). The van der Waals surface area contributed by atoms with Crippen LogP contribution in [-0.2, 0) is 6.54 Å². The molecule has 72 valence electrons. The van der Waals surface area contributed by atoms with E-state index in [1.807, 2.05) is 0 Å². The molecule has 0 fully saturated rings. The molecule has 1 nitrogen and oxygen atoms in total. The van der Waals surface area contributed by atoms with E-state index in [2.05, 4.69) is 27.9 Å². The van der Waals surface area contributed by atoms with Crippen LogP contribution in [0.1, 0.15) is 5.56 Å². The van der Waals surface area contributed by atoms with E-state index in [9.17, 15) is 4.39 Å². The minimum absolute atomic E-state index is 0.289. The maximum absolute atomic E-state index is 12.6. The summed E-state index contributed by atoms with van der Waals surface area (Å²) in [7, 11) is 0. The second-order valence-corrected chi connectivity index (χ2v) is 4.09. The standard InChI is InChI=1S/C9H10ClFIN/c10-9-5-8(11)2-1-7(9)6-13-4-3-12/h1-2,5,13H,3-4,6H2. The lowest BCUT2D eigenvalue weighted by molar-refractivity contribution is 0.626. The Balaban J connectivity index is 2.56. The molecule has 0 amide bonds. The topological polar surface area (TPSA) is 12.0 Å². The largest absolute Gasteiger partial charge is 0.312 e. The van der Waals surface area contributed by atoms with Crippen molar-refractivity contribution in [1.82, 2.24) is 5.32 Å². The third-order valence-corrected chi connectivity index (χ3v) is 2.49. The Morgan fingerprint density at radius 1 is 1.46 bits per heavy atom. The van der Waals surface area contributed by atoms with E-state index in [0.717, 1.165) is 16.5 Å². The second-order valence-electron chi connectivity index (χ2n) is 2.60. The molecule has 0 aromatic heterocycles. The molecule has 0 aliphatic heterocycles. The molecule has 0 aliphatic carbocycles. The van der Waals surface area contributed by atoms with Crippen LogP contribution in [0, 0.1) is 5.82 Å². The third-order valence-electron chi connectivity index (χ3n) is 1.60. The number of halogens is 3. The Morgan fingerprint density at radius 2 is 2.23 bits per heavy atom. The van der Waals surface area contributed by atoms with Gasteiger partial charge in [0, 0.05) is 22.5 Å². The first-order valence-electron chi connectivity index (χ1n) is 3.94. The fourth-order valence-electron chi connectivity index (χ4n) is 0.955. The molecule has 0 heterocycles. The summed E-state index contributed by atoms with van der Waals surface area (Å²) in [5.74, 6) is -0.289. The minimum Gasteiger partial charge on any atom is -0.312 e. The van der Waals surface area contributed by atoms with Crippen LogP contribution in [0.3, 0.4) is 0 Å². The van der Waals surface area contributed by atoms with Gasteiger partial charge in [-0.1, -0.05) is 40.3 Å². The maximum atomic E-state index is 12.6. The van der Waals surface area contributed by atoms with Gasteiger partial charge < -0.3 is 5.32 Å². The Labute approximate surface area is 95.8 Å². The first kappa shape index (κ1) is 11.2. The highest BCUT2D eigenvalue weighted by Gasteiger charge is 2.00.